The number of rotatable bonds is 9. The lowest BCUT2D eigenvalue weighted by Crippen LogP contribution is -2.46. The number of amides is 1. The molecule has 0 bridgehead atoms. The van der Waals surface area contributed by atoms with Crippen LogP contribution >= 0.6 is 11.6 Å². The largest absolute Gasteiger partial charge is 0.369 e. The van der Waals surface area contributed by atoms with E-state index in [1.807, 2.05) is 24.3 Å². The Morgan fingerprint density at radius 2 is 1.83 bits per heavy atom. The molecule has 0 unspecified atom stereocenters. The number of unbranched alkanes of at least 4 members (excludes halogenated alkanes) is 1. The van der Waals surface area contributed by atoms with E-state index in [1.165, 1.54) is 11.3 Å². The van der Waals surface area contributed by atoms with E-state index >= 15 is 0 Å². The van der Waals surface area contributed by atoms with E-state index in [0.29, 0.717) is 12.8 Å². The van der Waals surface area contributed by atoms with Crippen LogP contribution in [0.2, 0.25) is 5.02 Å². The fraction of sp³-hybridized carbons (Fsp3) is 0.458. The van der Waals surface area contributed by atoms with E-state index in [1.54, 1.807) is 0 Å². The standard InChI is InChI=1S/C24H32ClN3O/c1-20-7-6-9-22(19-20)28-17-15-27(16-18-28)14-5-4-13-26-24(29)12-11-21-8-2-3-10-23(21)25/h2-3,6-10,19H,4-5,11-18H2,1H3,(H,26,29). The summed E-state index contributed by atoms with van der Waals surface area (Å²) >= 11 is 6.14. The van der Waals surface area contributed by atoms with Crippen LogP contribution in [0.3, 0.4) is 0 Å². The van der Waals surface area contributed by atoms with Crippen molar-refractivity contribution in [2.24, 2.45) is 0 Å². The molecule has 5 heteroatoms. The molecule has 4 nitrogen and oxygen atoms in total. The summed E-state index contributed by atoms with van der Waals surface area (Å²) in [5, 5.41) is 3.77. The first-order valence-corrected chi connectivity index (χ1v) is 11.0. The van der Waals surface area contributed by atoms with Gasteiger partial charge in [-0.25, -0.2) is 0 Å². The highest BCUT2D eigenvalue weighted by Crippen LogP contribution is 2.18. The fourth-order valence-corrected chi connectivity index (χ4v) is 4.01. The van der Waals surface area contributed by atoms with Crippen LogP contribution in [-0.4, -0.2) is 50.1 Å². The van der Waals surface area contributed by atoms with Gasteiger partial charge in [-0.1, -0.05) is 41.9 Å². The van der Waals surface area contributed by atoms with E-state index in [-0.39, 0.29) is 5.91 Å². The van der Waals surface area contributed by atoms with Crippen molar-refractivity contribution in [3.63, 3.8) is 0 Å². The van der Waals surface area contributed by atoms with E-state index < -0.39 is 0 Å². The SMILES string of the molecule is Cc1cccc(N2CCN(CCCCNC(=O)CCc3ccccc3Cl)CC2)c1. The predicted octanol–water partition coefficient (Wildman–Crippen LogP) is 4.30. The van der Waals surface area contributed by atoms with Gasteiger partial charge in [-0.3, -0.25) is 9.69 Å². The third-order valence-electron chi connectivity index (χ3n) is 5.54. The summed E-state index contributed by atoms with van der Waals surface area (Å²) in [6, 6.07) is 16.5. The van der Waals surface area contributed by atoms with Crippen LogP contribution in [-0.2, 0) is 11.2 Å². The molecule has 1 N–H and O–H groups in total. The van der Waals surface area contributed by atoms with Crippen molar-refractivity contribution in [3.05, 3.63) is 64.7 Å². The second-order valence-corrected chi connectivity index (χ2v) is 8.22. The first-order chi connectivity index (χ1) is 14.1. The molecular formula is C24H32ClN3O. The summed E-state index contributed by atoms with van der Waals surface area (Å²) in [4.78, 5) is 17.0. The van der Waals surface area contributed by atoms with Crippen molar-refractivity contribution in [1.29, 1.82) is 0 Å². The lowest BCUT2D eigenvalue weighted by atomic mass is 10.1. The van der Waals surface area contributed by atoms with Gasteiger partial charge >= 0.3 is 0 Å². The van der Waals surface area contributed by atoms with Gasteiger partial charge in [0.05, 0.1) is 0 Å². The van der Waals surface area contributed by atoms with Crippen molar-refractivity contribution in [3.8, 4) is 0 Å². The van der Waals surface area contributed by atoms with Crippen LogP contribution < -0.4 is 10.2 Å². The Kier molecular flexibility index (Phi) is 8.38. The summed E-state index contributed by atoms with van der Waals surface area (Å²) < 4.78 is 0. The van der Waals surface area contributed by atoms with Crippen LogP contribution in [0.15, 0.2) is 48.5 Å². The minimum atomic E-state index is 0.108. The third kappa shape index (κ3) is 7.06. The Bertz CT molecular complexity index is 787. The highest BCUT2D eigenvalue weighted by atomic mass is 35.5. The van der Waals surface area contributed by atoms with Crippen molar-refractivity contribution in [1.82, 2.24) is 10.2 Å². The molecule has 0 aromatic heterocycles. The molecule has 156 valence electrons. The maximum absolute atomic E-state index is 12.0. The Balaban J connectivity index is 1.25. The lowest BCUT2D eigenvalue weighted by Gasteiger charge is -2.36. The Labute approximate surface area is 179 Å². The van der Waals surface area contributed by atoms with E-state index in [2.05, 4.69) is 46.3 Å². The van der Waals surface area contributed by atoms with Crippen molar-refractivity contribution in [2.75, 3.05) is 44.2 Å². The first kappa shape index (κ1) is 21.7. The average Bonchev–Trinajstić information content (AvgIpc) is 2.73. The number of anilines is 1. The fourth-order valence-electron chi connectivity index (χ4n) is 3.78. The molecule has 2 aromatic carbocycles. The maximum atomic E-state index is 12.0. The van der Waals surface area contributed by atoms with Gasteiger partial charge in [0.15, 0.2) is 0 Å². The second kappa shape index (κ2) is 11.2. The number of hydrogen-bond donors (Lipinski definition) is 1. The molecule has 1 saturated heterocycles. The van der Waals surface area contributed by atoms with Crippen molar-refractivity contribution >= 4 is 23.2 Å². The Morgan fingerprint density at radius 3 is 2.59 bits per heavy atom. The van der Waals surface area contributed by atoms with Gasteiger partial charge < -0.3 is 10.2 Å². The number of hydrogen-bond acceptors (Lipinski definition) is 3. The van der Waals surface area contributed by atoms with Crippen LogP contribution in [0.25, 0.3) is 0 Å². The summed E-state index contributed by atoms with van der Waals surface area (Å²) in [5.41, 5.74) is 3.69. The maximum Gasteiger partial charge on any atom is 0.220 e. The number of nitrogens with one attached hydrogen (secondary N) is 1. The quantitative estimate of drug-likeness (QED) is 0.622. The highest BCUT2D eigenvalue weighted by Gasteiger charge is 2.16. The number of carbonyl (C=O) groups is 1. The van der Waals surface area contributed by atoms with Gasteiger partial charge in [0.2, 0.25) is 5.91 Å². The van der Waals surface area contributed by atoms with E-state index in [4.69, 9.17) is 11.6 Å². The third-order valence-corrected chi connectivity index (χ3v) is 5.91. The van der Waals surface area contributed by atoms with Gasteiger partial charge in [0.1, 0.15) is 0 Å². The van der Waals surface area contributed by atoms with Crippen molar-refractivity contribution < 1.29 is 4.79 Å². The zero-order valence-electron chi connectivity index (χ0n) is 17.4. The topological polar surface area (TPSA) is 35.6 Å². The molecule has 1 aliphatic heterocycles. The zero-order valence-corrected chi connectivity index (χ0v) is 18.1. The van der Waals surface area contributed by atoms with Gasteiger partial charge in [0.25, 0.3) is 0 Å². The van der Waals surface area contributed by atoms with Crippen LogP contribution in [0.4, 0.5) is 5.69 Å². The molecule has 1 heterocycles. The first-order valence-electron chi connectivity index (χ1n) is 10.7. The molecule has 0 radical (unpaired) electrons. The molecule has 1 fully saturated rings. The Hall–Kier alpha value is -2.04. The number of nitrogens with zero attached hydrogens (tertiary/aromatic N) is 2. The highest BCUT2D eigenvalue weighted by molar-refractivity contribution is 6.31. The second-order valence-electron chi connectivity index (χ2n) is 7.82. The number of aryl methyl sites for hydroxylation is 2. The van der Waals surface area contributed by atoms with Gasteiger partial charge in [-0.05, 0) is 62.1 Å². The summed E-state index contributed by atoms with van der Waals surface area (Å²) in [6.45, 7) is 8.40. The van der Waals surface area contributed by atoms with Gasteiger partial charge in [-0.15, -0.1) is 0 Å². The summed E-state index contributed by atoms with van der Waals surface area (Å²) in [6.07, 6.45) is 3.33. The van der Waals surface area contributed by atoms with Crippen molar-refractivity contribution in [2.45, 2.75) is 32.6 Å². The van der Waals surface area contributed by atoms with E-state index in [9.17, 15) is 4.79 Å². The lowest BCUT2D eigenvalue weighted by molar-refractivity contribution is -0.121. The normalized spacial score (nSPS) is 14.8. The monoisotopic (exact) mass is 413 g/mol. The molecule has 29 heavy (non-hydrogen) atoms. The smallest absolute Gasteiger partial charge is 0.220 e. The van der Waals surface area contributed by atoms with Crippen LogP contribution in [0, 0.1) is 6.92 Å². The molecule has 1 aliphatic rings. The number of benzene rings is 2. The number of carbonyl (C=O) groups excluding carboxylic acids is 1. The minimum Gasteiger partial charge on any atom is -0.369 e. The molecule has 0 atom stereocenters. The van der Waals surface area contributed by atoms with Crippen LogP contribution in [0.1, 0.15) is 30.4 Å². The molecule has 2 aromatic rings. The molecule has 0 aliphatic carbocycles. The van der Waals surface area contributed by atoms with Gasteiger partial charge in [0, 0.05) is 49.9 Å². The Morgan fingerprint density at radius 1 is 1.03 bits per heavy atom. The summed E-state index contributed by atoms with van der Waals surface area (Å²) in [5.74, 6) is 0.108. The number of piperazine rings is 1. The molecular weight excluding hydrogens is 382 g/mol. The minimum absolute atomic E-state index is 0.108. The molecule has 3 rings (SSSR count). The number of halogens is 1. The van der Waals surface area contributed by atoms with Gasteiger partial charge in [-0.2, -0.15) is 0 Å². The molecule has 1 amide bonds. The summed E-state index contributed by atoms with van der Waals surface area (Å²) in [7, 11) is 0. The zero-order chi connectivity index (χ0) is 20.5. The van der Waals surface area contributed by atoms with Crippen LogP contribution in [0.5, 0.6) is 0 Å². The molecule has 0 saturated carbocycles. The average molecular weight is 414 g/mol. The predicted molar refractivity (Wildman–Crippen MR) is 122 cm³/mol. The van der Waals surface area contributed by atoms with E-state index in [0.717, 1.165) is 62.7 Å². The molecule has 0 spiro atoms.